The molecule has 2 aromatic heterocycles. The van der Waals surface area contributed by atoms with Crippen molar-refractivity contribution < 1.29 is 9.13 Å². The second kappa shape index (κ2) is 11.1. The van der Waals surface area contributed by atoms with Crippen molar-refractivity contribution in [1.29, 1.82) is 0 Å². The van der Waals surface area contributed by atoms with E-state index in [0.29, 0.717) is 29.7 Å². The van der Waals surface area contributed by atoms with Crippen molar-refractivity contribution in [3.63, 3.8) is 0 Å². The molecule has 0 atom stereocenters. The molecule has 0 amide bonds. The summed E-state index contributed by atoms with van der Waals surface area (Å²) in [6.45, 7) is 6.94. The first kappa shape index (κ1) is 27.2. The van der Waals surface area contributed by atoms with Crippen LogP contribution in [0.25, 0.3) is 27.5 Å². The van der Waals surface area contributed by atoms with E-state index in [1.54, 1.807) is 17.9 Å². The third kappa shape index (κ3) is 5.74. The summed E-state index contributed by atoms with van der Waals surface area (Å²) in [5, 5.41) is 14.0. The average molecular weight is 561 g/mol. The molecule has 0 aliphatic carbocycles. The second-order valence-corrected chi connectivity index (χ2v) is 11.3. The van der Waals surface area contributed by atoms with Crippen molar-refractivity contribution in [3.8, 4) is 11.4 Å². The van der Waals surface area contributed by atoms with E-state index in [9.17, 15) is 4.39 Å². The van der Waals surface area contributed by atoms with E-state index in [-0.39, 0.29) is 11.2 Å². The predicted molar refractivity (Wildman–Crippen MR) is 168 cm³/mol. The minimum Gasteiger partial charge on any atom is -0.497 e. The molecule has 0 unspecified atom stereocenters. The monoisotopic (exact) mass is 560 g/mol. The van der Waals surface area contributed by atoms with Gasteiger partial charge >= 0.3 is 0 Å². The summed E-state index contributed by atoms with van der Waals surface area (Å²) < 4.78 is 21.2. The maximum Gasteiger partial charge on any atom is 0.175 e. The Morgan fingerprint density at radius 2 is 1.50 bits per heavy atom. The van der Waals surface area contributed by atoms with Crippen LogP contribution in [0.1, 0.15) is 32.0 Å². The first-order chi connectivity index (χ1) is 20.3. The molecule has 0 bridgehead atoms. The predicted octanol–water partition coefficient (Wildman–Crippen LogP) is 7.81. The first-order valence-electron chi connectivity index (χ1n) is 14.0. The standard InChI is InChI=1S/C34H33FN6O/c1-34(2,3)30-21-31(41(40-30)26-11-7-10-25(35)20-26)39-33-32(36-17-16-22-12-14-27(42-4)15-13-22)37-28-18-23-8-5-6-9-24(23)19-29(28)38-33/h5-15,18-21H,16-17H2,1-4H3,(H,36,37)(H,38,39). The molecule has 6 aromatic rings. The number of hydrogen-bond acceptors (Lipinski definition) is 6. The Labute approximate surface area is 244 Å². The number of anilines is 3. The molecule has 2 N–H and O–H groups in total. The molecule has 0 aliphatic rings. The maximum atomic E-state index is 14.2. The van der Waals surface area contributed by atoms with Crippen LogP contribution in [0.5, 0.6) is 5.75 Å². The summed E-state index contributed by atoms with van der Waals surface area (Å²) in [6, 6.07) is 28.7. The number of hydrogen-bond donors (Lipinski definition) is 2. The van der Waals surface area contributed by atoms with Gasteiger partial charge in [0.1, 0.15) is 17.4 Å². The molecular formula is C34H33FN6O. The van der Waals surface area contributed by atoms with Crippen LogP contribution in [0.3, 0.4) is 0 Å². The minimum atomic E-state index is -0.329. The van der Waals surface area contributed by atoms with Gasteiger partial charge in [0.05, 0.1) is 29.5 Å². The average Bonchev–Trinajstić information content (AvgIpc) is 3.41. The molecule has 0 aliphatic heterocycles. The van der Waals surface area contributed by atoms with Crippen molar-refractivity contribution in [2.75, 3.05) is 24.3 Å². The largest absolute Gasteiger partial charge is 0.497 e. The number of methoxy groups -OCH3 is 1. The molecule has 212 valence electrons. The summed E-state index contributed by atoms with van der Waals surface area (Å²) in [5.74, 6) is 2.35. The first-order valence-corrected chi connectivity index (χ1v) is 14.0. The fourth-order valence-electron chi connectivity index (χ4n) is 4.83. The van der Waals surface area contributed by atoms with Crippen LogP contribution in [0.4, 0.5) is 21.8 Å². The van der Waals surface area contributed by atoms with Crippen molar-refractivity contribution >= 4 is 39.3 Å². The highest BCUT2D eigenvalue weighted by Gasteiger charge is 2.22. The van der Waals surface area contributed by atoms with E-state index >= 15 is 0 Å². The Morgan fingerprint density at radius 1 is 0.810 bits per heavy atom. The smallest absolute Gasteiger partial charge is 0.175 e. The zero-order valence-electron chi connectivity index (χ0n) is 24.1. The maximum absolute atomic E-state index is 14.2. The van der Waals surface area contributed by atoms with Crippen molar-refractivity contribution in [2.24, 2.45) is 0 Å². The number of nitrogens with zero attached hydrogens (tertiary/aromatic N) is 4. The Hall–Kier alpha value is -4.98. The van der Waals surface area contributed by atoms with Crippen molar-refractivity contribution in [3.05, 3.63) is 108 Å². The molecule has 2 heterocycles. The van der Waals surface area contributed by atoms with Crippen LogP contribution < -0.4 is 15.4 Å². The summed E-state index contributed by atoms with van der Waals surface area (Å²) in [7, 11) is 1.66. The molecule has 4 aromatic carbocycles. The van der Waals surface area contributed by atoms with E-state index < -0.39 is 0 Å². The summed E-state index contributed by atoms with van der Waals surface area (Å²) >= 11 is 0. The van der Waals surface area contributed by atoms with Gasteiger partial charge < -0.3 is 15.4 Å². The van der Waals surface area contributed by atoms with E-state index in [0.717, 1.165) is 39.7 Å². The fourth-order valence-corrected chi connectivity index (χ4v) is 4.83. The zero-order chi connectivity index (χ0) is 29.3. The van der Waals surface area contributed by atoms with E-state index in [4.69, 9.17) is 19.8 Å². The highest BCUT2D eigenvalue weighted by molar-refractivity contribution is 5.96. The van der Waals surface area contributed by atoms with Gasteiger partial charge in [0, 0.05) is 18.0 Å². The number of benzene rings is 4. The fraction of sp³-hybridized carbons (Fsp3) is 0.206. The van der Waals surface area contributed by atoms with E-state index in [1.165, 1.54) is 17.7 Å². The minimum absolute atomic E-state index is 0.220. The number of halogens is 1. The molecular weight excluding hydrogens is 527 g/mol. The van der Waals surface area contributed by atoms with Gasteiger partial charge in [0.25, 0.3) is 0 Å². The number of ether oxygens (including phenoxy) is 1. The summed E-state index contributed by atoms with van der Waals surface area (Å²) in [6.07, 6.45) is 0.788. The lowest BCUT2D eigenvalue weighted by atomic mass is 9.92. The van der Waals surface area contributed by atoms with Gasteiger partial charge in [0.2, 0.25) is 0 Å². The molecule has 0 saturated heterocycles. The van der Waals surface area contributed by atoms with Crippen molar-refractivity contribution in [1.82, 2.24) is 19.7 Å². The number of rotatable bonds is 8. The van der Waals surface area contributed by atoms with Crippen molar-refractivity contribution in [2.45, 2.75) is 32.6 Å². The normalized spacial score (nSPS) is 11.6. The number of fused-ring (bicyclic) bond motifs is 2. The van der Waals surface area contributed by atoms with E-state index in [1.807, 2.05) is 36.4 Å². The van der Waals surface area contributed by atoms with Crippen LogP contribution in [0.15, 0.2) is 91.0 Å². The lowest BCUT2D eigenvalue weighted by Gasteiger charge is -2.15. The molecule has 42 heavy (non-hydrogen) atoms. The van der Waals surface area contributed by atoms with E-state index in [2.05, 4.69) is 67.8 Å². The van der Waals surface area contributed by atoms with Crippen LogP contribution >= 0.6 is 0 Å². The third-order valence-corrected chi connectivity index (χ3v) is 7.17. The molecule has 7 nitrogen and oxygen atoms in total. The zero-order valence-corrected chi connectivity index (χ0v) is 24.1. The Morgan fingerprint density at radius 3 is 2.14 bits per heavy atom. The van der Waals surface area contributed by atoms with Gasteiger partial charge in [0.15, 0.2) is 11.6 Å². The van der Waals surface area contributed by atoms with Crippen LogP contribution in [0.2, 0.25) is 0 Å². The van der Waals surface area contributed by atoms with Gasteiger partial charge in [-0.15, -0.1) is 0 Å². The third-order valence-electron chi connectivity index (χ3n) is 7.17. The van der Waals surface area contributed by atoms with Crippen LogP contribution in [0, 0.1) is 5.82 Å². The van der Waals surface area contributed by atoms with Gasteiger partial charge in [-0.25, -0.2) is 19.0 Å². The highest BCUT2D eigenvalue weighted by atomic mass is 19.1. The SMILES string of the molecule is COc1ccc(CCNc2nc3cc4ccccc4cc3nc2Nc2cc(C(C)(C)C)nn2-c2cccc(F)c2)cc1. The lowest BCUT2D eigenvalue weighted by molar-refractivity contribution is 0.414. The van der Waals surface area contributed by atoms with Gasteiger partial charge in [-0.05, 0) is 65.2 Å². The van der Waals surface area contributed by atoms with Crippen LogP contribution in [-0.4, -0.2) is 33.4 Å². The number of nitrogens with one attached hydrogen (secondary N) is 2. The summed E-state index contributed by atoms with van der Waals surface area (Å²) in [4.78, 5) is 10.0. The molecule has 0 fully saturated rings. The molecule has 0 spiro atoms. The van der Waals surface area contributed by atoms with Gasteiger partial charge in [-0.2, -0.15) is 5.10 Å². The molecule has 6 rings (SSSR count). The molecule has 0 saturated carbocycles. The highest BCUT2D eigenvalue weighted by Crippen LogP contribution is 2.32. The Kier molecular flexibility index (Phi) is 7.20. The Balaban J connectivity index is 1.40. The van der Waals surface area contributed by atoms with Crippen LogP contribution in [-0.2, 0) is 11.8 Å². The lowest BCUT2D eigenvalue weighted by Crippen LogP contribution is -2.13. The Bertz CT molecular complexity index is 1870. The number of aromatic nitrogens is 4. The molecule has 8 heteroatoms. The quantitative estimate of drug-likeness (QED) is 0.185. The topological polar surface area (TPSA) is 76.9 Å². The van der Waals surface area contributed by atoms with Gasteiger partial charge in [-0.1, -0.05) is 63.2 Å². The molecule has 0 radical (unpaired) electrons. The summed E-state index contributed by atoms with van der Waals surface area (Å²) in [5.41, 5.74) is 3.99. The van der Waals surface area contributed by atoms with Gasteiger partial charge in [-0.3, -0.25) is 0 Å². The second-order valence-electron chi connectivity index (χ2n) is 11.3.